The van der Waals surface area contributed by atoms with Crippen molar-refractivity contribution in [1.29, 1.82) is 0 Å². The van der Waals surface area contributed by atoms with Gasteiger partial charge in [0.2, 0.25) is 0 Å². The van der Waals surface area contributed by atoms with Crippen molar-refractivity contribution in [3.05, 3.63) is 21.6 Å². The van der Waals surface area contributed by atoms with E-state index in [1.54, 1.807) is 0 Å². The van der Waals surface area contributed by atoms with E-state index in [9.17, 15) is 4.79 Å². The number of hydrogen-bond donors (Lipinski definition) is 2. The summed E-state index contributed by atoms with van der Waals surface area (Å²) in [5.41, 5.74) is 2.22. The lowest BCUT2D eigenvalue weighted by atomic mass is 9.83. The summed E-state index contributed by atoms with van der Waals surface area (Å²) >= 11 is 0. The lowest BCUT2D eigenvalue weighted by Crippen LogP contribution is -2.51. The monoisotopic (exact) mass is 304 g/mol. The molecule has 4 heterocycles. The predicted molar refractivity (Wildman–Crippen MR) is 87.2 cm³/mol. The van der Waals surface area contributed by atoms with Crippen molar-refractivity contribution < 1.29 is 0 Å². The van der Waals surface area contributed by atoms with Gasteiger partial charge in [0, 0.05) is 43.4 Å². The Labute approximate surface area is 132 Å². The van der Waals surface area contributed by atoms with Crippen LogP contribution in [-0.4, -0.2) is 58.8 Å². The fourth-order valence-electron chi connectivity index (χ4n) is 4.85. The van der Waals surface area contributed by atoms with Gasteiger partial charge >= 0.3 is 0 Å². The topological polar surface area (TPSA) is 55.1 Å². The zero-order valence-electron chi connectivity index (χ0n) is 13.4. The number of nitrogens with zero attached hydrogens (tertiary/aromatic N) is 2. The van der Waals surface area contributed by atoms with Gasteiger partial charge < -0.3 is 14.9 Å². The number of piperidine rings is 2. The maximum Gasteiger partial charge on any atom is 0.267 e. The van der Waals surface area contributed by atoms with Crippen molar-refractivity contribution in [2.45, 2.75) is 51.0 Å². The molecular formula is C17H28N4O. The largest absolute Gasteiger partial charge is 0.302 e. The summed E-state index contributed by atoms with van der Waals surface area (Å²) < 4.78 is 0. The Kier molecular flexibility index (Phi) is 4.09. The molecule has 0 amide bonds. The highest BCUT2D eigenvalue weighted by molar-refractivity contribution is 5.18. The van der Waals surface area contributed by atoms with E-state index in [1.165, 1.54) is 51.7 Å². The third-order valence-electron chi connectivity index (χ3n) is 6.04. The van der Waals surface area contributed by atoms with Crippen LogP contribution in [0.4, 0.5) is 0 Å². The molecule has 4 rings (SSSR count). The van der Waals surface area contributed by atoms with Gasteiger partial charge in [0.05, 0.1) is 0 Å². The molecule has 22 heavy (non-hydrogen) atoms. The van der Waals surface area contributed by atoms with Crippen LogP contribution in [-0.2, 0) is 12.8 Å². The van der Waals surface area contributed by atoms with Gasteiger partial charge in [-0.25, -0.2) is 0 Å². The van der Waals surface area contributed by atoms with Gasteiger partial charge in [0.15, 0.2) is 0 Å². The van der Waals surface area contributed by atoms with Gasteiger partial charge in [-0.1, -0.05) is 6.42 Å². The summed E-state index contributed by atoms with van der Waals surface area (Å²) in [5.74, 6) is 0.837. The molecule has 3 aliphatic rings. The van der Waals surface area contributed by atoms with E-state index in [0.29, 0.717) is 0 Å². The molecule has 0 unspecified atom stereocenters. The van der Waals surface area contributed by atoms with Crippen molar-refractivity contribution in [2.75, 3.05) is 32.7 Å². The number of fused-ring (bicyclic) bond motifs is 2. The van der Waals surface area contributed by atoms with Gasteiger partial charge in [0.25, 0.3) is 5.56 Å². The van der Waals surface area contributed by atoms with Crippen molar-refractivity contribution in [3.63, 3.8) is 0 Å². The highest BCUT2D eigenvalue weighted by Crippen LogP contribution is 2.31. The molecule has 122 valence electrons. The average molecular weight is 304 g/mol. The molecule has 3 aliphatic heterocycles. The number of nitrogens with one attached hydrogen (secondary N) is 2. The number of H-pyrrole nitrogens is 2. The van der Waals surface area contributed by atoms with Crippen LogP contribution in [0.2, 0.25) is 0 Å². The first-order valence-electron chi connectivity index (χ1n) is 9.06. The fourth-order valence-corrected chi connectivity index (χ4v) is 4.85. The van der Waals surface area contributed by atoms with Gasteiger partial charge in [-0.3, -0.25) is 9.89 Å². The third kappa shape index (κ3) is 2.76. The Bertz CT molecular complexity index is 561. The van der Waals surface area contributed by atoms with Gasteiger partial charge in [-0.2, -0.15) is 0 Å². The molecule has 0 bridgehead atoms. The second kappa shape index (κ2) is 6.20. The summed E-state index contributed by atoms with van der Waals surface area (Å²) in [6.45, 7) is 5.99. The van der Waals surface area contributed by atoms with Crippen molar-refractivity contribution in [1.82, 2.24) is 20.0 Å². The van der Waals surface area contributed by atoms with E-state index < -0.39 is 0 Å². The Morgan fingerprint density at radius 1 is 0.955 bits per heavy atom. The van der Waals surface area contributed by atoms with Crippen molar-refractivity contribution in [3.8, 4) is 0 Å². The molecule has 1 aromatic heterocycles. The van der Waals surface area contributed by atoms with Crippen LogP contribution in [0.5, 0.6) is 0 Å². The number of hydrogen-bond acceptors (Lipinski definition) is 3. The van der Waals surface area contributed by atoms with Gasteiger partial charge in [-0.05, 0) is 51.1 Å². The quantitative estimate of drug-likeness (QED) is 0.867. The summed E-state index contributed by atoms with van der Waals surface area (Å²) in [6, 6.07) is 0.826. The van der Waals surface area contributed by atoms with E-state index in [0.717, 1.165) is 49.1 Å². The maximum atomic E-state index is 11.8. The summed E-state index contributed by atoms with van der Waals surface area (Å²) in [6.07, 6.45) is 8.85. The Hall–Kier alpha value is -1.07. The second-order valence-electron chi connectivity index (χ2n) is 7.34. The summed E-state index contributed by atoms with van der Waals surface area (Å²) in [4.78, 5) is 17.1. The standard InChI is InChI=1S/C17H28N4O/c22-17-14-6-10-20(11-7-15(14)18-19-17)12-13-4-3-9-21-8-2-1-5-16(13)21/h13,16H,1-12H2,(H2,18,19,22)/t13-,16+/m0/s1. The highest BCUT2D eigenvalue weighted by atomic mass is 16.1. The van der Waals surface area contributed by atoms with Crippen LogP contribution in [0.3, 0.4) is 0 Å². The molecule has 0 aliphatic carbocycles. The molecule has 5 heteroatoms. The number of aromatic nitrogens is 2. The van der Waals surface area contributed by atoms with Crippen LogP contribution < -0.4 is 5.56 Å². The fraction of sp³-hybridized carbons (Fsp3) is 0.824. The molecule has 2 saturated heterocycles. The Morgan fingerprint density at radius 3 is 2.77 bits per heavy atom. The van der Waals surface area contributed by atoms with E-state index in [2.05, 4.69) is 20.0 Å². The zero-order chi connectivity index (χ0) is 14.9. The van der Waals surface area contributed by atoms with Crippen LogP contribution in [0, 0.1) is 5.92 Å². The average Bonchev–Trinajstić information content (AvgIpc) is 2.78. The van der Waals surface area contributed by atoms with E-state index in [4.69, 9.17) is 0 Å². The van der Waals surface area contributed by atoms with Crippen LogP contribution in [0.1, 0.15) is 43.4 Å². The third-order valence-corrected chi connectivity index (χ3v) is 6.04. The van der Waals surface area contributed by atoms with E-state index in [-0.39, 0.29) is 5.56 Å². The minimum absolute atomic E-state index is 0.0907. The Morgan fingerprint density at radius 2 is 1.82 bits per heavy atom. The highest BCUT2D eigenvalue weighted by Gasteiger charge is 2.34. The van der Waals surface area contributed by atoms with Crippen LogP contribution >= 0.6 is 0 Å². The van der Waals surface area contributed by atoms with Gasteiger partial charge in [0.1, 0.15) is 0 Å². The first kappa shape index (κ1) is 14.5. The van der Waals surface area contributed by atoms with Crippen LogP contribution in [0.25, 0.3) is 0 Å². The normalized spacial score (nSPS) is 30.5. The zero-order valence-corrected chi connectivity index (χ0v) is 13.4. The molecule has 0 aromatic carbocycles. The molecule has 2 fully saturated rings. The molecule has 5 nitrogen and oxygen atoms in total. The van der Waals surface area contributed by atoms with Crippen LogP contribution in [0.15, 0.2) is 4.79 Å². The van der Waals surface area contributed by atoms with Gasteiger partial charge in [-0.15, -0.1) is 0 Å². The Balaban J connectivity index is 1.40. The lowest BCUT2D eigenvalue weighted by Gasteiger charge is -2.45. The first-order valence-corrected chi connectivity index (χ1v) is 9.06. The summed E-state index contributed by atoms with van der Waals surface area (Å²) in [5, 5.41) is 5.80. The SMILES string of the molecule is O=c1[nH][nH]c2c1CCN(C[C@@H]1CCCN3CCCC[C@H]13)CC2. The van der Waals surface area contributed by atoms with Crippen molar-refractivity contribution in [2.24, 2.45) is 5.92 Å². The smallest absolute Gasteiger partial charge is 0.267 e. The number of rotatable bonds is 2. The first-order chi connectivity index (χ1) is 10.8. The molecule has 1 aromatic rings. The molecule has 0 spiro atoms. The molecular weight excluding hydrogens is 276 g/mol. The maximum absolute atomic E-state index is 11.8. The van der Waals surface area contributed by atoms with Crippen molar-refractivity contribution >= 4 is 0 Å². The molecule has 2 N–H and O–H groups in total. The minimum Gasteiger partial charge on any atom is -0.302 e. The minimum atomic E-state index is 0.0907. The molecule has 0 saturated carbocycles. The van der Waals surface area contributed by atoms with E-state index >= 15 is 0 Å². The predicted octanol–water partition coefficient (Wildman–Crippen LogP) is 1.37. The second-order valence-corrected chi connectivity index (χ2v) is 7.34. The molecule has 2 atom stereocenters. The number of aromatic amines is 2. The van der Waals surface area contributed by atoms with E-state index in [1.807, 2.05) is 0 Å². The summed E-state index contributed by atoms with van der Waals surface area (Å²) in [7, 11) is 0. The molecule has 0 radical (unpaired) electrons. The lowest BCUT2D eigenvalue weighted by molar-refractivity contribution is 0.0410.